The van der Waals surface area contributed by atoms with Gasteiger partial charge in [0.25, 0.3) is 0 Å². The minimum atomic E-state index is -0.826. The Morgan fingerprint density at radius 2 is 1.11 bits per heavy atom. The molecule has 0 heterocycles. The summed E-state index contributed by atoms with van der Waals surface area (Å²) in [6.07, 6.45) is 0. The third kappa shape index (κ3) is 1240. The molecule has 0 N–H and O–H groups in total. The van der Waals surface area contributed by atoms with Gasteiger partial charge in [0, 0.05) is 0 Å². The van der Waals surface area contributed by atoms with Crippen molar-refractivity contribution in [2.24, 2.45) is 9.98 Å². The molecule has 2 nitrogen and oxygen atoms in total. The molecular formula is C4H8Cl2N2Zr. The van der Waals surface area contributed by atoms with Crippen molar-refractivity contribution in [2.75, 3.05) is 0 Å². The van der Waals surface area contributed by atoms with Crippen LogP contribution in [0.3, 0.4) is 0 Å². The van der Waals surface area contributed by atoms with Crippen LogP contribution in [-0.4, -0.2) is 13.4 Å². The summed E-state index contributed by atoms with van der Waals surface area (Å²) in [6, 6.07) is 0. The molecule has 0 saturated carbocycles. The van der Waals surface area contributed by atoms with Crippen molar-refractivity contribution in [2.45, 2.75) is 0 Å². The Bertz CT molecular complexity index is 45.8. The van der Waals surface area contributed by atoms with Gasteiger partial charge >= 0.3 is 37.9 Å². The van der Waals surface area contributed by atoms with E-state index in [2.05, 4.69) is 37.5 Å². The van der Waals surface area contributed by atoms with E-state index in [9.17, 15) is 0 Å². The van der Waals surface area contributed by atoms with Gasteiger partial charge in [0.05, 0.1) is 0 Å². The summed E-state index contributed by atoms with van der Waals surface area (Å²) in [5.74, 6) is 0. The maximum atomic E-state index is 4.93. The summed E-state index contributed by atoms with van der Waals surface area (Å²) < 4.78 is 0. The third-order valence-electron chi connectivity index (χ3n) is 0. The predicted molar refractivity (Wildman–Crippen MR) is 41.5 cm³/mol. The van der Waals surface area contributed by atoms with E-state index in [4.69, 9.17) is 17.0 Å². The molecule has 0 aromatic rings. The molecule has 0 aliphatic rings. The van der Waals surface area contributed by atoms with Crippen LogP contribution >= 0.6 is 17.0 Å². The van der Waals surface area contributed by atoms with Crippen LogP contribution in [-0.2, 0) is 20.8 Å². The van der Waals surface area contributed by atoms with Crippen LogP contribution in [0.4, 0.5) is 0 Å². The molecule has 52 valence electrons. The van der Waals surface area contributed by atoms with Crippen molar-refractivity contribution in [3.63, 3.8) is 0 Å². The average Bonchev–Trinajstić information content (AvgIpc) is 1.70. The van der Waals surface area contributed by atoms with Crippen molar-refractivity contribution in [1.29, 1.82) is 0 Å². The SMILES string of the molecule is C=N[CH2-].C=N[CH2-].[Cl][Zr+2][Cl]. The monoisotopic (exact) mass is 244 g/mol. The number of aliphatic imine (C=N–C) groups is 2. The molecule has 0 spiro atoms. The molecule has 5 heteroatoms. The van der Waals surface area contributed by atoms with Gasteiger partial charge in [-0.15, -0.1) is 0 Å². The number of rotatable bonds is 0. The average molecular weight is 246 g/mol. The van der Waals surface area contributed by atoms with Crippen LogP contribution in [0.25, 0.3) is 0 Å². The van der Waals surface area contributed by atoms with Gasteiger partial charge in [-0.2, -0.15) is 27.5 Å². The van der Waals surface area contributed by atoms with E-state index < -0.39 is 20.8 Å². The normalized spacial score (nSPS) is 3.78. The molecule has 0 unspecified atom stereocenters. The van der Waals surface area contributed by atoms with Crippen molar-refractivity contribution in [3.05, 3.63) is 14.1 Å². The Kier molecular flexibility index (Phi) is 70.0. The molecule has 0 aliphatic heterocycles. The second kappa shape index (κ2) is 38.7. The Labute approximate surface area is 75.0 Å². The van der Waals surface area contributed by atoms with Crippen LogP contribution in [0, 0.1) is 14.1 Å². The zero-order chi connectivity index (χ0) is 8.12. The number of hydrogen-bond donors (Lipinski definition) is 0. The zero-order valence-corrected chi connectivity index (χ0v) is 8.95. The Hall–Kier alpha value is 0.543. The van der Waals surface area contributed by atoms with Gasteiger partial charge in [-0.3, -0.25) is 0 Å². The summed E-state index contributed by atoms with van der Waals surface area (Å²) in [4.78, 5) is 6.00. The summed E-state index contributed by atoms with van der Waals surface area (Å²) in [6.45, 7) is 6.00. The van der Waals surface area contributed by atoms with E-state index in [0.29, 0.717) is 0 Å². The van der Waals surface area contributed by atoms with Crippen LogP contribution in [0.2, 0.25) is 0 Å². The molecule has 0 amide bonds. The predicted octanol–water partition coefficient (Wildman–Crippen LogP) is 2.33. The van der Waals surface area contributed by atoms with Gasteiger partial charge in [0.2, 0.25) is 0 Å². The molecule has 0 aromatic heterocycles. The minimum absolute atomic E-state index is 0.826. The molecule has 0 aliphatic carbocycles. The van der Waals surface area contributed by atoms with E-state index in [1.165, 1.54) is 0 Å². The first-order valence-electron chi connectivity index (χ1n) is 1.64. The van der Waals surface area contributed by atoms with E-state index in [1.54, 1.807) is 0 Å². The van der Waals surface area contributed by atoms with E-state index in [1.807, 2.05) is 0 Å². The number of hydrogen-bond acceptors (Lipinski definition) is 2. The summed E-state index contributed by atoms with van der Waals surface area (Å²) in [7, 11) is 15.9. The van der Waals surface area contributed by atoms with Crippen molar-refractivity contribution in [3.8, 4) is 0 Å². The van der Waals surface area contributed by atoms with Crippen LogP contribution in [0.15, 0.2) is 9.98 Å². The molecule has 0 aromatic carbocycles. The molecular weight excluding hydrogens is 238 g/mol. The van der Waals surface area contributed by atoms with Crippen molar-refractivity contribution in [1.82, 2.24) is 0 Å². The Balaban J connectivity index is -0.0000000600. The molecule has 0 radical (unpaired) electrons. The number of halogens is 2. The van der Waals surface area contributed by atoms with E-state index in [-0.39, 0.29) is 0 Å². The van der Waals surface area contributed by atoms with Crippen molar-refractivity contribution >= 4 is 30.5 Å². The van der Waals surface area contributed by atoms with Gasteiger partial charge < -0.3 is 9.98 Å². The summed E-state index contributed by atoms with van der Waals surface area (Å²) in [5.41, 5.74) is 0. The fourth-order valence-electron chi connectivity index (χ4n) is 0. The summed E-state index contributed by atoms with van der Waals surface area (Å²) in [5, 5.41) is 0. The first kappa shape index (κ1) is 16.3. The standard InChI is InChI=1S/2C2H4N.2ClH.Zr/c2*1-3-2;;;/h2*1-2H2;2*1H;/q2*-1;;;+4/p-2. The second-order valence-electron chi connectivity index (χ2n) is 0.519. The Morgan fingerprint density at radius 1 is 1.11 bits per heavy atom. The van der Waals surface area contributed by atoms with Gasteiger partial charge in [0.15, 0.2) is 0 Å². The first-order valence-corrected chi connectivity index (χ1v) is 7.97. The first-order chi connectivity index (χ1) is 4.24. The third-order valence-corrected chi connectivity index (χ3v) is 0. The Morgan fingerprint density at radius 3 is 1.11 bits per heavy atom. The van der Waals surface area contributed by atoms with Crippen molar-refractivity contribution < 1.29 is 20.8 Å². The molecule has 0 saturated heterocycles. The summed E-state index contributed by atoms with van der Waals surface area (Å²) >= 11 is -0.826. The molecule has 0 bridgehead atoms. The van der Waals surface area contributed by atoms with E-state index in [0.717, 1.165) is 0 Å². The molecule has 9 heavy (non-hydrogen) atoms. The van der Waals surface area contributed by atoms with Gasteiger partial charge in [-0.1, -0.05) is 0 Å². The quantitative estimate of drug-likeness (QED) is 0.463. The van der Waals surface area contributed by atoms with Crippen LogP contribution in [0.1, 0.15) is 0 Å². The fourth-order valence-corrected chi connectivity index (χ4v) is 0. The second-order valence-corrected chi connectivity index (χ2v) is 4.25. The van der Waals surface area contributed by atoms with Gasteiger partial charge in [-0.05, 0) is 0 Å². The zero-order valence-electron chi connectivity index (χ0n) is 4.98. The fraction of sp³-hybridized carbons (Fsp3) is 0. The van der Waals surface area contributed by atoms with E-state index >= 15 is 0 Å². The molecule has 0 atom stereocenters. The topological polar surface area (TPSA) is 24.7 Å². The van der Waals surface area contributed by atoms with Crippen LogP contribution in [0.5, 0.6) is 0 Å². The molecule has 0 rings (SSSR count). The van der Waals surface area contributed by atoms with Gasteiger partial charge in [-0.25, -0.2) is 0 Å². The molecule has 0 fully saturated rings. The maximum absolute atomic E-state index is 4.93. The van der Waals surface area contributed by atoms with Gasteiger partial charge in [0.1, 0.15) is 0 Å². The van der Waals surface area contributed by atoms with Crippen LogP contribution < -0.4 is 0 Å². The number of nitrogens with zero attached hydrogens (tertiary/aromatic N) is 2.